The Hall–Kier alpha value is -3.71. The number of nitrogens with zero attached hydrogens (tertiary/aromatic N) is 5. The molecule has 3 aromatic carbocycles. The maximum atomic E-state index is 4.78. The van der Waals surface area contributed by atoms with Gasteiger partial charge < -0.3 is 5.32 Å². The molecule has 6 nitrogen and oxygen atoms in total. The lowest BCUT2D eigenvalue weighted by molar-refractivity contribution is 0.649. The number of anilines is 2. The van der Waals surface area contributed by atoms with E-state index in [2.05, 4.69) is 46.8 Å². The summed E-state index contributed by atoms with van der Waals surface area (Å²) >= 11 is 1.56. The summed E-state index contributed by atoms with van der Waals surface area (Å²) in [5.74, 6) is 1.45. The van der Waals surface area contributed by atoms with Crippen LogP contribution < -0.4 is 5.32 Å². The number of thioether (sulfide) groups is 1. The predicted molar refractivity (Wildman–Crippen MR) is 129 cm³/mol. The highest BCUT2D eigenvalue weighted by Gasteiger charge is 2.10. The topological polar surface area (TPSA) is 68.5 Å². The van der Waals surface area contributed by atoms with Crippen LogP contribution in [0.25, 0.3) is 10.9 Å². The van der Waals surface area contributed by atoms with Gasteiger partial charge in [0.15, 0.2) is 5.16 Å². The van der Waals surface area contributed by atoms with Crippen LogP contribution in [-0.4, -0.2) is 25.0 Å². The van der Waals surface area contributed by atoms with Crippen molar-refractivity contribution in [2.24, 2.45) is 0 Å². The van der Waals surface area contributed by atoms with Gasteiger partial charge in [0.05, 0.1) is 17.8 Å². The minimum absolute atomic E-state index is 0.650. The van der Waals surface area contributed by atoms with Crippen molar-refractivity contribution in [2.75, 3.05) is 5.32 Å². The van der Waals surface area contributed by atoms with E-state index in [1.807, 2.05) is 65.5 Å². The fraction of sp³-hybridized carbons (Fsp3) is 0.120. The molecule has 0 fully saturated rings. The molecule has 0 aliphatic rings. The van der Waals surface area contributed by atoms with Crippen LogP contribution in [-0.2, 0) is 12.3 Å². The van der Waals surface area contributed by atoms with Crippen LogP contribution in [0.4, 0.5) is 11.5 Å². The molecule has 5 rings (SSSR count). The highest BCUT2D eigenvalue weighted by Crippen LogP contribution is 2.28. The second-order valence-corrected chi connectivity index (χ2v) is 8.49. The van der Waals surface area contributed by atoms with Gasteiger partial charge in [-0.05, 0) is 36.8 Å². The average Bonchev–Trinajstić information content (AvgIpc) is 3.27. The smallest absolute Gasteiger partial charge is 0.190 e. The Morgan fingerprint density at radius 2 is 1.66 bits per heavy atom. The summed E-state index contributed by atoms with van der Waals surface area (Å²) in [5, 5.41) is 13.7. The molecule has 32 heavy (non-hydrogen) atoms. The predicted octanol–water partition coefficient (Wildman–Crippen LogP) is 5.61. The van der Waals surface area contributed by atoms with E-state index in [0.29, 0.717) is 17.5 Å². The van der Waals surface area contributed by atoms with Gasteiger partial charge in [-0.25, -0.2) is 14.6 Å². The first-order valence-electron chi connectivity index (χ1n) is 10.4. The summed E-state index contributed by atoms with van der Waals surface area (Å²) in [4.78, 5) is 9.51. The molecule has 0 spiro atoms. The minimum atomic E-state index is 0.650. The molecule has 0 saturated carbocycles. The van der Waals surface area contributed by atoms with E-state index in [-0.39, 0.29) is 0 Å². The fourth-order valence-corrected chi connectivity index (χ4v) is 4.10. The van der Waals surface area contributed by atoms with Gasteiger partial charge in [0.1, 0.15) is 5.82 Å². The average molecular weight is 439 g/mol. The van der Waals surface area contributed by atoms with Gasteiger partial charge in [0.25, 0.3) is 0 Å². The lowest BCUT2D eigenvalue weighted by atomic mass is 10.1. The molecular weight excluding hydrogens is 416 g/mol. The maximum absolute atomic E-state index is 4.78. The van der Waals surface area contributed by atoms with E-state index in [9.17, 15) is 0 Å². The zero-order valence-corrected chi connectivity index (χ0v) is 18.5. The van der Waals surface area contributed by atoms with Crippen LogP contribution in [0, 0.1) is 6.92 Å². The number of rotatable bonds is 7. The van der Waals surface area contributed by atoms with E-state index >= 15 is 0 Å². The lowest BCUT2D eigenvalue weighted by Gasteiger charge is -2.10. The molecule has 5 aromatic rings. The second-order valence-electron chi connectivity index (χ2n) is 7.54. The van der Waals surface area contributed by atoms with Crippen molar-refractivity contribution in [1.82, 2.24) is 25.0 Å². The zero-order valence-electron chi connectivity index (χ0n) is 17.6. The Labute approximate surface area is 190 Å². The maximum Gasteiger partial charge on any atom is 0.190 e. The van der Waals surface area contributed by atoms with Crippen molar-refractivity contribution in [2.45, 2.75) is 24.4 Å². The molecule has 158 valence electrons. The quantitative estimate of drug-likeness (QED) is 0.263. The van der Waals surface area contributed by atoms with Gasteiger partial charge in [-0.1, -0.05) is 77.1 Å². The van der Waals surface area contributed by atoms with Crippen LogP contribution in [0.5, 0.6) is 0 Å². The number of benzene rings is 3. The monoisotopic (exact) mass is 438 g/mol. The Bertz CT molecular complexity index is 1330. The number of aryl methyl sites for hydroxylation is 1. The van der Waals surface area contributed by atoms with Gasteiger partial charge in [-0.2, -0.15) is 0 Å². The lowest BCUT2D eigenvalue weighted by Crippen LogP contribution is -2.00. The first-order chi connectivity index (χ1) is 15.7. The van der Waals surface area contributed by atoms with E-state index in [0.717, 1.165) is 28.1 Å². The molecular formula is C25H22N6S. The molecule has 0 aliphatic carbocycles. The van der Waals surface area contributed by atoms with Crippen LogP contribution in [0.2, 0.25) is 0 Å². The van der Waals surface area contributed by atoms with E-state index < -0.39 is 0 Å². The summed E-state index contributed by atoms with van der Waals surface area (Å²) in [6.45, 7) is 2.79. The van der Waals surface area contributed by atoms with Crippen molar-refractivity contribution in [3.63, 3.8) is 0 Å². The van der Waals surface area contributed by atoms with Gasteiger partial charge in [0, 0.05) is 23.0 Å². The molecule has 0 atom stereocenters. The first kappa shape index (κ1) is 20.2. The molecule has 0 amide bonds. The van der Waals surface area contributed by atoms with Crippen LogP contribution in [0.1, 0.15) is 16.8 Å². The first-order valence-corrected chi connectivity index (χ1v) is 11.4. The molecule has 0 aliphatic heterocycles. The van der Waals surface area contributed by atoms with Crippen molar-refractivity contribution in [3.05, 3.63) is 102 Å². The Morgan fingerprint density at radius 3 is 2.50 bits per heavy atom. The Kier molecular flexibility index (Phi) is 5.81. The zero-order chi connectivity index (χ0) is 21.8. The molecule has 2 aromatic heterocycles. The number of para-hydroxylation sites is 2. The summed E-state index contributed by atoms with van der Waals surface area (Å²) in [6, 6.07) is 26.5. The van der Waals surface area contributed by atoms with E-state index in [1.165, 1.54) is 11.1 Å². The standard InChI is InChI=1S/C25H22N6S/c1-18-11-13-19(14-12-18)15-31-16-21(29-30-31)17-32-25-27-23-10-6-5-9-22(23)24(28-25)26-20-7-3-2-4-8-20/h2-14,16H,15,17H2,1H3,(H,26,27,28). The van der Waals surface area contributed by atoms with Crippen molar-refractivity contribution in [3.8, 4) is 0 Å². The number of hydrogen-bond donors (Lipinski definition) is 1. The normalized spacial score (nSPS) is 11.0. The molecule has 0 bridgehead atoms. The highest BCUT2D eigenvalue weighted by molar-refractivity contribution is 7.98. The van der Waals surface area contributed by atoms with Crippen LogP contribution >= 0.6 is 11.8 Å². The van der Waals surface area contributed by atoms with Gasteiger partial charge in [0.2, 0.25) is 0 Å². The van der Waals surface area contributed by atoms with Crippen molar-refractivity contribution in [1.29, 1.82) is 0 Å². The third-order valence-electron chi connectivity index (χ3n) is 5.02. The molecule has 0 saturated heterocycles. The SMILES string of the molecule is Cc1ccc(Cn2cc(CSc3nc(Nc4ccccc4)c4ccccc4n3)nn2)cc1. The second kappa shape index (κ2) is 9.20. The largest absolute Gasteiger partial charge is 0.340 e. The van der Waals surface area contributed by atoms with Crippen molar-refractivity contribution < 1.29 is 0 Å². The molecule has 0 unspecified atom stereocenters. The molecule has 0 radical (unpaired) electrons. The minimum Gasteiger partial charge on any atom is -0.340 e. The van der Waals surface area contributed by atoms with Crippen LogP contribution in [0.15, 0.2) is 90.2 Å². The molecule has 2 heterocycles. The van der Waals surface area contributed by atoms with Gasteiger partial charge >= 0.3 is 0 Å². The van der Waals surface area contributed by atoms with Gasteiger partial charge in [-0.3, -0.25) is 0 Å². The summed E-state index contributed by atoms with van der Waals surface area (Å²) in [7, 11) is 0. The number of hydrogen-bond acceptors (Lipinski definition) is 6. The van der Waals surface area contributed by atoms with E-state index in [1.54, 1.807) is 11.8 Å². The Morgan fingerprint density at radius 1 is 0.875 bits per heavy atom. The number of fused-ring (bicyclic) bond motifs is 1. The van der Waals surface area contributed by atoms with E-state index in [4.69, 9.17) is 9.97 Å². The Balaban J connectivity index is 1.32. The third kappa shape index (κ3) is 4.78. The van der Waals surface area contributed by atoms with Crippen molar-refractivity contribution >= 4 is 34.2 Å². The molecule has 1 N–H and O–H groups in total. The number of nitrogens with one attached hydrogen (secondary N) is 1. The number of aromatic nitrogens is 5. The molecule has 7 heteroatoms. The summed E-state index contributed by atoms with van der Waals surface area (Å²) < 4.78 is 1.87. The highest BCUT2D eigenvalue weighted by atomic mass is 32.2. The fourth-order valence-electron chi connectivity index (χ4n) is 3.37. The third-order valence-corrected chi connectivity index (χ3v) is 5.90. The van der Waals surface area contributed by atoms with Gasteiger partial charge in [-0.15, -0.1) is 5.10 Å². The van der Waals surface area contributed by atoms with Crippen LogP contribution in [0.3, 0.4) is 0 Å². The summed E-state index contributed by atoms with van der Waals surface area (Å²) in [6.07, 6.45) is 1.98. The summed E-state index contributed by atoms with van der Waals surface area (Å²) in [5.41, 5.74) is 5.25.